The summed E-state index contributed by atoms with van der Waals surface area (Å²) in [7, 11) is 4.63. The molecule has 0 spiro atoms. The molecule has 12 nitrogen and oxygen atoms in total. The number of ether oxygens (including phenoxy) is 1. The SMILES string of the molecule is COc1cc(C(=O)O)ccc1O.Cn1cnc2c1c(=O)[nH]c(=O)n2C.O.O. The molecular formula is C15H20N4O8. The van der Waals surface area contributed by atoms with E-state index in [9.17, 15) is 14.4 Å². The van der Waals surface area contributed by atoms with Crippen molar-refractivity contribution >= 4 is 17.1 Å². The van der Waals surface area contributed by atoms with Gasteiger partial charge in [0.25, 0.3) is 5.56 Å². The number of methoxy groups -OCH3 is 1. The Hall–Kier alpha value is -3.64. The van der Waals surface area contributed by atoms with Crippen LogP contribution in [0.2, 0.25) is 0 Å². The molecule has 0 saturated heterocycles. The van der Waals surface area contributed by atoms with Crippen LogP contribution in [0.5, 0.6) is 11.5 Å². The van der Waals surface area contributed by atoms with Crippen molar-refractivity contribution in [1.82, 2.24) is 19.1 Å². The number of aromatic carboxylic acids is 1. The van der Waals surface area contributed by atoms with Gasteiger partial charge in [-0.05, 0) is 18.2 Å². The number of hydrogen-bond acceptors (Lipinski definition) is 6. The summed E-state index contributed by atoms with van der Waals surface area (Å²) in [5.41, 5.74) is 0.0392. The first-order valence-corrected chi connectivity index (χ1v) is 6.97. The zero-order chi connectivity index (χ0) is 18.7. The van der Waals surface area contributed by atoms with Gasteiger partial charge in [-0.1, -0.05) is 0 Å². The van der Waals surface area contributed by atoms with Crippen molar-refractivity contribution in [3.63, 3.8) is 0 Å². The number of imidazole rings is 1. The van der Waals surface area contributed by atoms with E-state index in [2.05, 4.69) is 9.97 Å². The Morgan fingerprint density at radius 3 is 2.41 bits per heavy atom. The van der Waals surface area contributed by atoms with E-state index in [1.807, 2.05) is 0 Å². The van der Waals surface area contributed by atoms with Gasteiger partial charge in [0.15, 0.2) is 22.7 Å². The normalized spacial score (nSPS) is 9.44. The second-order valence-electron chi connectivity index (χ2n) is 5.04. The lowest BCUT2D eigenvalue weighted by Crippen LogP contribution is -2.28. The molecule has 1 aromatic carbocycles. The Bertz CT molecular complexity index is 1050. The second-order valence-corrected chi connectivity index (χ2v) is 5.04. The summed E-state index contributed by atoms with van der Waals surface area (Å²) in [5.74, 6) is -0.953. The summed E-state index contributed by atoms with van der Waals surface area (Å²) in [5, 5.41) is 17.7. The van der Waals surface area contributed by atoms with Gasteiger partial charge in [0.1, 0.15) is 0 Å². The monoisotopic (exact) mass is 384 g/mol. The van der Waals surface area contributed by atoms with Crippen LogP contribution in [0.1, 0.15) is 10.4 Å². The van der Waals surface area contributed by atoms with Crippen molar-refractivity contribution in [1.29, 1.82) is 0 Å². The average molecular weight is 384 g/mol. The van der Waals surface area contributed by atoms with Crippen molar-refractivity contribution in [3.05, 3.63) is 50.9 Å². The van der Waals surface area contributed by atoms with E-state index in [1.165, 1.54) is 36.2 Å². The van der Waals surface area contributed by atoms with Crippen molar-refractivity contribution in [2.75, 3.05) is 7.11 Å². The van der Waals surface area contributed by atoms with Crippen LogP contribution in [0.15, 0.2) is 34.1 Å². The molecule has 0 fully saturated rings. The molecule has 2 aromatic heterocycles. The molecule has 0 aliphatic heterocycles. The molecule has 0 aliphatic carbocycles. The van der Waals surface area contributed by atoms with Crippen LogP contribution in [-0.4, -0.2) is 53.3 Å². The van der Waals surface area contributed by atoms with E-state index in [0.717, 1.165) is 0 Å². The highest BCUT2D eigenvalue weighted by Gasteiger charge is 2.08. The van der Waals surface area contributed by atoms with Gasteiger partial charge in [-0.2, -0.15) is 0 Å². The van der Waals surface area contributed by atoms with Crippen LogP contribution >= 0.6 is 0 Å². The number of benzene rings is 1. The maximum atomic E-state index is 11.3. The highest BCUT2D eigenvalue weighted by atomic mass is 16.5. The number of aromatic amines is 1. The standard InChI is InChI=1S/C8H8O4.C7H8N4O2.2H2O/c1-12-7-4-5(8(10)11)2-3-6(7)9;1-10-3-8-5-4(10)6(12)9-7(13)11(5)2;;/h2-4,9H,1H3,(H,10,11);3H,1-2H3,(H,9,12,13);2*1H2. The summed E-state index contributed by atoms with van der Waals surface area (Å²) in [6.45, 7) is 0. The van der Waals surface area contributed by atoms with Crippen molar-refractivity contribution in [2.45, 2.75) is 0 Å². The van der Waals surface area contributed by atoms with Crippen LogP contribution in [0.4, 0.5) is 0 Å². The fourth-order valence-corrected chi connectivity index (χ4v) is 2.07. The number of carboxylic acid groups (broad SMARTS) is 1. The lowest BCUT2D eigenvalue weighted by Gasteiger charge is -2.02. The molecule has 7 N–H and O–H groups in total. The van der Waals surface area contributed by atoms with E-state index in [4.69, 9.17) is 14.9 Å². The number of rotatable bonds is 2. The fraction of sp³-hybridized carbons (Fsp3) is 0.200. The first-order valence-electron chi connectivity index (χ1n) is 6.97. The smallest absolute Gasteiger partial charge is 0.335 e. The Balaban J connectivity index is 0.000000468. The molecule has 0 bridgehead atoms. The van der Waals surface area contributed by atoms with Crippen LogP contribution in [0.25, 0.3) is 11.2 Å². The molecular weight excluding hydrogens is 364 g/mol. The molecule has 0 saturated carbocycles. The fourth-order valence-electron chi connectivity index (χ4n) is 2.07. The highest BCUT2D eigenvalue weighted by Crippen LogP contribution is 2.25. The zero-order valence-electron chi connectivity index (χ0n) is 14.7. The predicted octanol–water partition coefficient (Wildman–Crippen LogP) is -1.59. The lowest BCUT2D eigenvalue weighted by atomic mass is 10.2. The first-order chi connectivity index (χ1) is 11.8. The second kappa shape index (κ2) is 9.17. The quantitative estimate of drug-likeness (QED) is 0.472. The molecule has 0 amide bonds. The first kappa shape index (κ1) is 23.4. The van der Waals surface area contributed by atoms with E-state index in [1.54, 1.807) is 18.7 Å². The number of carboxylic acids is 1. The molecule has 0 aliphatic rings. The number of nitrogens with one attached hydrogen (secondary N) is 1. The van der Waals surface area contributed by atoms with Crippen LogP contribution in [-0.2, 0) is 14.1 Å². The van der Waals surface area contributed by atoms with Gasteiger partial charge >= 0.3 is 11.7 Å². The molecule has 27 heavy (non-hydrogen) atoms. The summed E-state index contributed by atoms with van der Waals surface area (Å²) < 4.78 is 7.60. The maximum Gasteiger partial charge on any atom is 0.335 e. The number of aromatic nitrogens is 4. The minimum absolute atomic E-state index is 0. The Labute approximate surface area is 151 Å². The van der Waals surface area contributed by atoms with Crippen molar-refractivity contribution in [3.8, 4) is 11.5 Å². The number of nitrogens with zero attached hydrogens (tertiary/aromatic N) is 3. The third kappa shape index (κ3) is 4.71. The van der Waals surface area contributed by atoms with Crippen LogP contribution in [0, 0.1) is 0 Å². The van der Waals surface area contributed by atoms with Gasteiger partial charge < -0.3 is 30.5 Å². The van der Waals surface area contributed by atoms with Crippen molar-refractivity contribution in [2.24, 2.45) is 14.1 Å². The number of hydrogen-bond donors (Lipinski definition) is 3. The predicted molar refractivity (Wildman–Crippen MR) is 95.4 cm³/mol. The maximum absolute atomic E-state index is 11.3. The summed E-state index contributed by atoms with van der Waals surface area (Å²) in [6.07, 6.45) is 1.50. The van der Waals surface area contributed by atoms with Crippen molar-refractivity contribution < 1.29 is 30.7 Å². The molecule has 148 valence electrons. The molecule has 3 rings (SSSR count). The number of carbonyl (C=O) groups is 1. The van der Waals surface area contributed by atoms with Gasteiger partial charge in [0.2, 0.25) is 0 Å². The Morgan fingerprint density at radius 1 is 1.22 bits per heavy atom. The van der Waals surface area contributed by atoms with Gasteiger partial charge in [-0.3, -0.25) is 14.3 Å². The lowest BCUT2D eigenvalue weighted by molar-refractivity contribution is 0.0696. The van der Waals surface area contributed by atoms with Crippen LogP contribution < -0.4 is 16.0 Å². The topological polar surface area (TPSA) is 202 Å². The number of phenolic OH excluding ortho intramolecular Hbond substituents is 1. The number of aryl methyl sites for hydroxylation is 2. The zero-order valence-corrected chi connectivity index (χ0v) is 14.7. The third-order valence-corrected chi connectivity index (χ3v) is 3.40. The summed E-state index contributed by atoms with van der Waals surface area (Å²) in [4.78, 5) is 39.0. The molecule has 3 aromatic rings. The number of fused-ring (bicyclic) bond motifs is 1. The van der Waals surface area contributed by atoms with Gasteiger partial charge in [0, 0.05) is 14.1 Å². The van der Waals surface area contributed by atoms with Gasteiger partial charge in [-0.15, -0.1) is 0 Å². The van der Waals surface area contributed by atoms with E-state index >= 15 is 0 Å². The third-order valence-electron chi connectivity index (χ3n) is 3.40. The average Bonchev–Trinajstić information content (AvgIpc) is 2.96. The minimum atomic E-state index is -1.05. The highest BCUT2D eigenvalue weighted by molar-refractivity contribution is 5.88. The number of H-pyrrole nitrogens is 1. The van der Waals surface area contributed by atoms with Gasteiger partial charge in [0.05, 0.1) is 19.0 Å². The van der Waals surface area contributed by atoms with Gasteiger partial charge in [-0.25, -0.2) is 14.6 Å². The summed E-state index contributed by atoms with van der Waals surface area (Å²) in [6, 6.07) is 3.85. The molecule has 0 atom stereocenters. The molecule has 0 unspecified atom stereocenters. The molecule has 12 heteroatoms. The van der Waals surface area contributed by atoms with Crippen LogP contribution in [0.3, 0.4) is 0 Å². The number of aromatic hydroxyl groups is 1. The number of phenols is 1. The van der Waals surface area contributed by atoms with E-state index in [0.29, 0.717) is 11.2 Å². The van der Waals surface area contributed by atoms with E-state index in [-0.39, 0.29) is 28.0 Å². The summed E-state index contributed by atoms with van der Waals surface area (Å²) >= 11 is 0. The largest absolute Gasteiger partial charge is 0.504 e. The minimum Gasteiger partial charge on any atom is -0.504 e. The van der Waals surface area contributed by atoms with E-state index < -0.39 is 17.2 Å². The Morgan fingerprint density at radius 2 is 1.85 bits per heavy atom. The Kier molecular flexibility index (Phi) is 7.93. The molecule has 2 heterocycles. The molecule has 0 radical (unpaired) electrons.